The molecule has 6 nitrogen and oxygen atoms in total. The first-order valence-electron chi connectivity index (χ1n) is 12.5. The van der Waals surface area contributed by atoms with E-state index in [1.54, 1.807) is 0 Å². The molecule has 1 aliphatic heterocycles. The van der Waals surface area contributed by atoms with Crippen LogP contribution in [0, 0.1) is 0 Å². The number of rotatable bonds is 3. The molecule has 0 aromatic heterocycles. The summed E-state index contributed by atoms with van der Waals surface area (Å²) < 4.78 is 133. The number of hydrogen-bond acceptors (Lipinski definition) is 4. The molecular formula is C27H26ClF9N2O4. The van der Waals surface area contributed by atoms with E-state index in [4.69, 9.17) is 21.1 Å². The van der Waals surface area contributed by atoms with Gasteiger partial charge in [0.25, 0.3) is 0 Å². The van der Waals surface area contributed by atoms with Gasteiger partial charge in [-0.3, -0.25) is 9.80 Å². The van der Waals surface area contributed by atoms with Crippen LogP contribution in [0.25, 0.3) is 0 Å². The lowest BCUT2D eigenvalue weighted by Crippen LogP contribution is -2.49. The molecule has 238 valence electrons. The number of hydrogen-bond donors (Lipinski definition) is 0. The van der Waals surface area contributed by atoms with Gasteiger partial charge in [-0.15, -0.1) is 0 Å². The number of ether oxygens (including phenoxy) is 2. The van der Waals surface area contributed by atoms with Crippen LogP contribution in [0.15, 0.2) is 30.3 Å². The Morgan fingerprint density at radius 3 is 1.88 bits per heavy atom. The van der Waals surface area contributed by atoms with E-state index in [9.17, 15) is 49.1 Å². The van der Waals surface area contributed by atoms with Gasteiger partial charge in [-0.2, -0.15) is 39.5 Å². The fourth-order valence-electron chi connectivity index (χ4n) is 4.67. The normalized spacial score (nSPS) is 17.8. The van der Waals surface area contributed by atoms with Gasteiger partial charge in [0.15, 0.2) is 0 Å². The number of methoxy groups -OCH3 is 1. The average molecular weight is 649 g/mol. The molecule has 0 spiro atoms. The van der Waals surface area contributed by atoms with Crippen molar-refractivity contribution in [3.05, 3.63) is 63.2 Å². The molecule has 43 heavy (non-hydrogen) atoms. The number of alkyl halides is 9. The van der Waals surface area contributed by atoms with Crippen molar-refractivity contribution in [1.29, 1.82) is 0 Å². The molecule has 0 unspecified atom stereocenters. The van der Waals surface area contributed by atoms with Crippen LogP contribution in [-0.4, -0.2) is 35.8 Å². The van der Waals surface area contributed by atoms with E-state index in [2.05, 4.69) is 0 Å². The second-order valence-electron chi connectivity index (χ2n) is 10.9. The van der Waals surface area contributed by atoms with Crippen LogP contribution in [0.5, 0.6) is 0 Å². The fourth-order valence-corrected chi connectivity index (χ4v) is 4.95. The predicted molar refractivity (Wildman–Crippen MR) is 136 cm³/mol. The van der Waals surface area contributed by atoms with E-state index in [0.717, 1.165) is 23.0 Å². The second-order valence-corrected chi connectivity index (χ2v) is 11.3. The standard InChI is InChI=1S/C27H26ClF9N2O4/c1-13-6-20(17-10-19(28)18(27(35,36)37)11-21(17)39(13)23(41)43-24(2,3)4)38(22(40)42-5)12-14-7-15(25(29,30)31)9-16(8-14)26(32,33)34/h7-11,13,20H,6,12H2,1-5H3/t13-,20+/m1/s1. The highest BCUT2D eigenvalue weighted by Gasteiger charge is 2.44. The molecule has 2 atom stereocenters. The minimum absolute atomic E-state index is 0.0822. The van der Waals surface area contributed by atoms with Crippen molar-refractivity contribution < 1.29 is 58.6 Å². The van der Waals surface area contributed by atoms with E-state index >= 15 is 0 Å². The number of fused-ring (bicyclic) bond motifs is 1. The highest BCUT2D eigenvalue weighted by molar-refractivity contribution is 6.31. The summed E-state index contributed by atoms with van der Waals surface area (Å²) in [5, 5.41) is -0.821. The third-order valence-electron chi connectivity index (χ3n) is 6.42. The van der Waals surface area contributed by atoms with E-state index in [-0.39, 0.29) is 23.7 Å². The van der Waals surface area contributed by atoms with Crippen molar-refractivity contribution in [1.82, 2.24) is 4.90 Å². The summed E-state index contributed by atoms with van der Waals surface area (Å²) in [6.45, 7) is 5.12. The zero-order chi connectivity index (χ0) is 32.9. The second kappa shape index (κ2) is 11.6. The van der Waals surface area contributed by atoms with Crippen molar-refractivity contribution in [3.63, 3.8) is 0 Å². The third-order valence-corrected chi connectivity index (χ3v) is 6.73. The maximum absolute atomic E-state index is 13.8. The molecule has 0 fully saturated rings. The molecule has 0 aliphatic carbocycles. The number of halogens is 10. The van der Waals surface area contributed by atoms with Gasteiger partial charge in [0, 0.05) is 18.2 Å². The average Bonchev–Trinajstić information content (AvgIpc) is 2.83. The van der Waals surface area contributed by atoms with Gasteiger partial charge in [0.1, 0.15) is 5.60 Å². The summed E-state index contributed by atoms with van der Waals surface area (Å²) in [4.78, 5) is 27.8. The Morgan fingerprint density at radius 2 is 1.44 bits per heavy atom. The van der Waals surface area contributed by atoms with Gasteiger partial charge in [0.2, 0.25) is 0 Å². The van der Waals surface area contributed by atoms with Crippen LogP contribution in [-0.2, 0) is 34.5 Å². The molecule has 0 saturated carbocycles. The van der Waals surface area contributed by atoms with Gasteiger partial charge >= 0.3 is 30.7 Å². The SMILES string of the molecule is COC(=O)N(Cc1cc(C(F)(F)F)cc(C(F)(F)F)c1)[C@H]1C[C@@H](C)N(C(=O)OC(C)(C)C)c2cc(C(F)(F)F)c(Cl)cc21. The van der Waals surface area contributed by atoms with Crippen molar-refractivity contribution in [2.24, 2.45) is 0 Å². The van der Waals surface area contributed by atoms with Gasteiger partial charge in [-0.05, 0) is 70.0 Å². The molecule has 2 aromatic carbocycles. The van der Waals surface area contributed by atoms with Gasteiger partial charge in [-0.1, -0.05) is 11.6 Å². The lowest BCUT2D eigenvalue weighted by molar-refractivity contribution is -0.143. The molecule has 0 bridgehead atoms. The zero-order valence-electron chi connectivity index (χ0n) is 23.3. The van der Waals surface area contributed by atoms with Crippen LogP contribution < -0.4 is 4.90 Å². The number of carbonyl (C=O) groups is 2. The summed E-state index contributed by atoms with van der Waals surface area (Å²) in [6, 6.07) is -0.103. The van der Waals surface area contributed by atoms with Gasteiger partial charge < -0.3 is 9.47 Å². The highest BCUT2D eigenvalue weighted by atomic mass is 35.5. The van der Waals surface area contributed by atoms with Crippen molar-refractivity contribution in [2.75, 3.05) is 12.0 Å². The molecule has 2 aromatic rings. The molecule has 1 aliphatic rings. The maximum atomic E-state index is 13.8. The Balaban J connectivity index is 2.24. The first-order chi connectivity index (χ1) is 19.4. The first-order valence-corrected chi connectivity index (χ1v) is 12.9. The lowest BCUT2D eigenvalue weighted by atomic mass is 9.89. The van der Waals surface area contributed by atoms with Crippen molar-refractivity contribution in [3.8, 4) is 0 Å². The smallest absolute Gasteiger partial charge is 0.417 e. The van der Waals surface area contributed by atoms with Crippen LogP contribution in [0.2, 0.25) is 5.02 Å². The van der Waals surface area contributed by atoms with Crippen molar-refractivity contribution in [2.45, 2.75) is 76.9 Å². The molecule has 0 saturated heterocycles. The Bertz CT molecular complexity index is 1350. The molecular weight excluding hydrogens is 623 g/mol. The molecule has 0 N–H and O–H groups in total. The summed E-state index contributed by atoms with van der Waals surface area (Å²) in [5.74, 6) is 0. The van der Waals surface area contributed by atoms with Gasteiger partial charge in [-0.25, -0.2) is 9.59 Å². The number of benzene rings is 2. The van der Waals surface area contributed by atoms with Crippen LogP contribution in [0.3, 0.4) is 0 Å². The lowest BCUT2D eigenvalue weighted by Gasteiger charge is -2.43. The maximum Gasteiger partial charge on any atom is 0.417 e. The minimum atomic E-state index is -5.17. The molecule has 16 heteroatoms. The molecule has 1 heterocycles. The Morgan fingerprint density at radius 1 is 0.907 bits per heavy atom. The van der Waals surface area contributed by atoms with E-state index in [1.165, 1.54) is 27.7 Å². The summed E-state index contributed by atoms with van der Waals surface area (Å²) >= 11 is 5.96. The van der Waals surface area contributed by atoms with E-state index in [0.29, 0.717) is 18.2 Å². The van der Waals surface area contributed by atoms with E-state index in [1.807, 2.05) is 0 Å². The zero-order valence-corrected chi connectivity index (χ0v) is 24.0. The third kappa shape index (κ3) is 7.78. The fraction of sp³-hybridized carbons (Fsp3) is 0.481. The monoisotopic (exact) mass is 648 g/mol. The number of anilines is 1. The summed E-state index contributed by atoms with van der Waals surface area (Å²) in [7, 11) is 0.905. The molecule has 2 amide bonds. The highest BCUT2D eigenvalue weighted by Crippen LogP contribution is 2.47. The Hall–Kier alpha value is -3.36. The summed E-state index contributed by atoms with van der Waals surface area (Å²) in [5.41, 5.74) is -6.76. The number of amides is 2. The van der Waals surface area contributed by atoms with Crippen LogP contribution in [0.1, 0.15) is 68.0 Å². The van der Waals surface area contributed by atoms with Gasteiger partial charge in [0.05, 0.1) is 40.6 Å². The molecule has 3 rings (SSSR count). The van der Waals surface area contributed by atoms with Crippen LogP contribution in [0.4, 0.5) is 54.8 Å². The largest absolute Gasteiger partial charge is 0.453 e. The Labute approximate surface area is 245 Å². The topological polar surface area (TPSA) is 59.1 Å². The van der Waals surface area contributed by atoms with E-state index < -0.39 is 82.2 Å². The predicted octanol–water partition coefficient (Wildman–Crippen LogP) is 9.24. The summed E-state index contributed by atoms with van der Waals surface area (Å²) in [6.07, 6.45) is -17.8. The first kappa shape index (κ1) is 34.1. The molecule has 0 radical (unpaired) electrons. The van der Waals surface area contributed by atoms with Crippen molar-refractivity contribution >= 4 is 29.5 Å². The van der Waals surface area contributed by atoms with Crippen LogP contribution >= 0.6 is 11.6 Å². The number of nitrogens with zero attached hydrogens (tertiary/aromatic N) is 2. The quantitative estimate of drug-likeness (QED) is 0.312. The Kier molecular flexibility index (Phi) is 9.22. The minimum Gasteiger partial charge on any atom is -0.453 e. The number of carbonyl (C=O) groups excluding carboxylic acids is 2.